The molecule has 1 amide bonds. The highest BCUT2D eigenvalue weighted by Crippen LogP contribution is 2.18. The number of hydrogen-bond acceptors (Lipinski definition) is 6. The van der Waals surface area contributed by atoms with E-state index in [1.165, 1.54) is 128 Å². The number of aliphatic hydroxyl groups is 1. The number of nitrogens with one attached hydrogen (secondary N) is 1. The number of esters is 1. The normalized spacial score (nSPS) is 13.2. The molecule has 0 saturated heterocycles. The molecule has 3 atom stereocenters. The van der Waals surface area contributed by atoms with Crippen molar-refractivity contribution < 1.29 is 29.3 Å². The highest BCUT2D eigenvalue weighted by atomic mass is 16.5. The molecule has 49 heavy (non-hydrogen) atoms. The Kier molecular flexibility index (Phi) is 34.9. The van der Waals surface area contributed by atoms with Crippen molar-refractivity contribution in [1.82, 2.24) is 5.32 Å². The lowest BCUT2D eigenvalue weighted by Gasteiger charge is -2.20. The first kappa shape index (κ1) is 47.3. The first-order chi connectivity index (χ1) is 23.8. The van der Waals surface area contributed by atoms with E-state index in [-0.39, 0.29) is 19.3 Å². The zero-order valence-electron chi connectivity index (χ0n) is 32.2. The number of hydrogen-bond donors (Lipinski definition) is 4. The topological polar surface area (TPSA) is 139 Å². The monoisotopic (exact) mass is 697 g/mol. The van der Waals surface area contributed by atoms with E-state index in [2.05, 4.69) is 19.2 Å². The fourth-order valence-corrected chi connectivity index (χ4v) is 6.56. The summed E-state index contributed by atoms with van der Waals surface area (Å²) in [7, 11) is 0. The van der Waals surface area contributed by atoms with Crippen molar-refractivity contribution in [2.24, 2.45) is 5.73 Å². The molecule has 0 spiro atoms. The molecule has 0 radical (unpaired) electrons. The molecule has 2 unspecified atom stereocenters. The van der Waals surface area contributed by atoms with Gasteiger partial charge in [0.25, 0.3) is 0 Å². The minimum Gasteiger partial charge on any atom is -0.480 e. The van der Waals surface area contributed by atoms with Crippen molar-refractivity contribution >= 4 is 17.8 Å². The molecule has 0 heterocycles. The number of carbonyl (C=O) groups is 3. The molecular weight excluding hydrogens is 616 g/mol. The molecule has 8 heteroatoms. The van der Waals surface area contributed by atoms with Gasteiger partial charge in [-0.15, -0.1) is 0 Å². The third-order valence-corrected chi connectivity index (χ3v) is 9.71. The molecule has 0 aromatic carbocycles. The van der Waals surface area contributed by atoms with Crippen LogP contribution in [0.4, 0.5) is 0 Å². The Labute approximate surface area is 301 Å². The van der Waals surface area contributed by atoms with E-state index >= 15 is 0 Å². The number of rotatable bonds is 38. The molecule has 0 aliphatic rings. The molecule has 0 bridgehead atoms. The van der Waals surface area contributed by atoms with Crippen molar-refractivity contribution in [2.45, 2.75) is 238 Å². The Morgan fingerprint density at radius 3 is 1.33 bits per heavy atom. The van der Waals surface area contributed by atoms with Crippen LogP contribution in [0.3, 0.4) is 0 Å². The lowest BCUT2D eigenvalue weighted by molar-refractivity contribution is -0.153. The van der Waals surface area contributed by atoms with E-state index in [9.17, 15) is 24.6 Å². The number of unbranched alkanes of at least 4 members (excludes halogenated alkanes) is 24. The first-order valence-corrected chi connectivity index (χ1v) is 20.9. The van der Waals surface area contributed by atoms with Gasteiger partial charge in [0.15, 0.2) is 0 Å². The van der Waals surface area contributed by atoms with Crippen molar-refractivity contribution in [2.75, 3.05) is 6.54 Å². The maximum atomic E-state index is 12.8. The largest absolute Gasteiger partial charge is 0.480 e. The first-order valence-electron chi connectivity index (χ1n) is 20.9. The van der Waals surface area contributed by atoms with E-state index < -0.39 is 36.1 Å². The van der Waals surface area contributed by atoms with Crippen LogP contribution in [-0.2, 0) is 19.1 Å². The van der Waals surface area contributed by atoms with Gasteiger partial charge >= 0.3 is 11.9 Å². The Hall–Kier alpha value is -1.67. The predicted molar refractivity (Wildman–Crippen MR) is 204 cm³/mol. The van der Waals surface area contributed by atoms with Crippen LogP contribution in [0.25, 0.3) is 0 Å². The van der Waals surface area contributed by atoms with Gasteiger partial charge < -0.3 is 26.0 Å². The minimum absolute atomic E-state index is 0.0780. The zero-order chi connectivity index (χ0) is 36.2. The number of carboxylic acids is 1. The van der Waals surface area contributed by atoms with Crippen LogP contribution in [0.2, 0.25) is 0 Å². The lowest BCUT2D eigenvalue weighted by atomic mass is 10.0. The van der Waals surface area contributed by atoms with Gasteiger partial charge in [0.2, 0.25) is 5.91 Å². The molecule has 0 aliphatic carbocycles. The molecular formula is C41H80N2O6. The van der Waals surface area contributed by atoms with Crippen LogP contribution >= 0.6 is 0 Å². The van der Waals surface area contributed by atoms with E-state index in [1.807, 2.05) is 0 Å². The summed E-state index contributed by atoms with van der Waals surface area (Å²) >= 11 is 0. The van der Waals surface area contributed by atoms with Crippen LogP contribution in [-0.4, -0.2) is 52.9 Å². The minimum atomic E-state index is -1.09. The summed E-state index contributed by atoms with van der Waals surface area (Å²) in [5.74, 6) is -2.03. The van der Waals surface area contributed by atoms with Gasteiger partial charge in [-0.2, -0.15) is 0 Å². The quantitative estimate of drug-likeness (QED) is 0.0372. The molecule has 290 valence electrons. The third-order valence-electron chi connectivity index (χ3n) is 9.71. The Morgan fingerprint density at radius 2 is 0.939 bits per heavy atom. The van der Waals surface area contributed by atoms with Gasteiger partial charge in [-0.1, -0.05) is 174 Å². The molecule has 5 N–H and O–H groups in total. The number of aliphatic carboxylic acids is 1. The van der Waals surface area contributed by atoms with Crippen LogP contribution in [0.1, 0.15) is 219 Å². The number of carbonyl (C=O) groups excluding carboxylic acids is 2. The summed E-state index contributed by atoms with van der Waals surface area (Å²) in [6, 6.07) is -1.01. The van der Waals surface area contributed by atoms with E-state index in [0.717, 1.165) is 38.5 Å². The number of nitrogens with two attached hydrogens (primary N) is 1. The molecule has 0 rings (SSSR count). The summed E-state index contributed by atoms with van der Waals surface area (Å²) in [6.45, 7) is 4.85. The van der Waals surface area contributed by atoms with Gasteiger partial charge in [0.1, 0.15) is 12.1 Å². The number of carboxylic acid groups (broad SMARTS) is 1. The second-order valence-corrected chi connectivity index (χ2v) is 14.6. The van der Waals surface area contributed by atoms with Crippen LogP contribution < -0.4 is 11.1 Å². The maximum absolute atomic E-state index is 12.8. The Morgan fingerprint density at radius 1 is 0.551 bits per heavy atom. The highest BCUT2D eigenvalue weighted by molar-refractivity contribution is 5.84. The van der Waals surface area contributed by atoms with Crippen molar-refractivity contribution in [1.29, 1.82) is 0 Å². The van der Waals surface area contributed by atoms with Gasteiger partial charge in [-0.3, -0.25) is 9.59 Å². The summed E-state index contributed by atoms with van der Waals surface area (Å²) in [6.07, 6.45) is 32.7. The summed E-state index contributed by atoms with van der Waals surface area (Å²) in [4.78, 5) is 37.1. The van der Waals surface area contributed by atoms with Crippen molar-refractivity contribution in [3.8, 4) is 0 Å². The average Bonchev–Trinajstić information content (AvgIpc) is 3.06. The predicted octanol–water partition coefficient (Wildman–Crippen LogP) is 10.3. The standard InChI is InChI=1S/C41H80N2O6/c1-3-5-7-9-11-13-15-17-19-21-23-25-27-30-36(44)34-40(46)49-37(35-39(45)43-38(41(47)48)32-29-33-42)31-28-26-24-22-20-18-16-14-12-10-8-6-4-2/h36-38,44H,3-35,42H2,1-2H3,(H,43,45)(H,47,48)/t36?,37?,38-/m1/s1. The van der Waals surface area contributed by atoms with Crippen LogP contribution in [0, 0.1) is 0 Å². The molecule has 0 aromatic heterocycles. The Bertz CT molecular complexity index is 764. The number of aliphatic hydroxyl groups excluding tert-OH is 1. The lowest BCUT2D eigenvalue weighted by Crippen LogP contribution is -2.42. The van der Waals surface area contributed by atoms with Gasteiger partial charge in [-0.05, 0) is 38.6 Å². The molecule has 0 fully saturated rings. The third kappa shape index (κ3) is 33.2. The summed E-state index contributed by atoms with van der Waals surface area (Å²) in [5, 5.41) is 22.6. The second kappa shape index (κ2) is 36.1. The zero-order valence-corrected chi connectivity index (χ0v) is 32.2. The fraction of sp³-hybridized carbons (Fsp3) is 0.927. The van der Waals surface area contributed by atoms with E-state index in [0.29, 0.717) is 25.8 Å². The Balaban J connectivity index is 4.41. The van der Waals surface area contributed by atoms with Gasteiger partial charge in [0, 0.05) is 0 Å². The smallest absolute Gasteiger partial charge is 0.326 e. The highest BCUT2D eigenvalue weighted by Gasteiger charge is 2.24. The molecule has 0 aliphatic heterocycles. The van der Waals surface area contributed by atoms with Crippen LogP contribution in [0.5, 0.6) is 0 Å². The summed E-state index contributed by atoms with van der Waals surface area (Å²) in [5.41, 5.74) is 5.53. The van der Waals surface area contributed by atoms with E-state index in [1.54, 1.807) is 0 Å². The average molecular weight is 697 g/mol. The van der Waals surface area contributed by atoms with Crippen molar-refractivity contribution in [3.63, 3.8) is 0 Å². The maximum Gasteiger partial charge on any atom is 0.326 e. The molecule has 0 aromatic rings. The van der Waals surface area contributed by atoms with Crippen LogP contribution in [0.15, 0.2) is 0 Å². The van der Waals surface area contributed by atoms with Crippen molar-refractivity contribution in [3.05, 3.63) is 0 Å². The molecule has 0 saturated carbocycles. The van der Waals surface area contributed by atoms with E-state index in [4.69, 9.17) is 10.5 Å². The SMILES string of the molecule is CCCCCCCCCCCCCCCC(O)CC(=O)OC(CCCCCCCCCCCCCCC)CC(=O)N[C@H](CCCN)C(=O)O. The number of amides is 1. The molecule has 8 nitrogen and oxygen atoms in total. The fourth-order valence-electron chi connectivity index (χ4n) is 6.56. The van der Waals surface area contributed by atoms with Gasteiger partial charge in [0.05, 0.1) is 18.9 Å². The summed E-state index contributed by atoms with van der Waals surface area (Å²) < 4.78 is 5.71. The second-order valence-electron chi connectivity index (χ2n) is 14.6. The number of ether oxygens (including phenoxy) is 1. The van der Waals surface area contributed by atoms with Gasteiger partial charge in [-0.25, -0.2) is 4.79 Å².